The summed E-state index contributed by atoms with van der Waals surface area (Å²) < 4.78 is 9.33. The van der Waals surface area contributed by atoms with Gasteiger partial charge in [0.15, 0.2) is 17.5 Å². The van der Waals surface area contributed by atoms with E-state index in [1.807, 2.05) is 18.2 Å². The Kier molecular flexibility index (Phi) is 7.42. The van der Waals surface area contributed by atoms with E-state index in [2.05, 4.69) is 180 Å². The first kappa shape index (κ1) is 31.9. The summed E-state index contributed by atoms with van der Waals surface area (Å²) in [6.45, 7) is 0. The standard InChI is InChI=1S/C51H32N4O/c1-4-13-33(14-5-1)35-23-27-37(28-24-35)49-52-50(38-29-25-36(26-30-38)34-15-6-2-7-16-34)54-51(53-49)43-21-12-20-40-41-31-32-45-46(48(41)56-47(40)43)42-19-10-11-22-44(42)55(45)39-17-8-3-9-18-39/h1-32H. The first-order valence-corrected chi connectivity index (χ1v) is 18.8. The van der Waals surface area contributed by atoms with Gasteiger partial charge in [-0.05, 0) is 58.7 Å². The number of hydrogen-bond donors (Lipinski definition) is 0. The lowest BCUT2D eigenvalue weighted by atomic mass is 10.0. The molecule has 3 aromatic heterocycles. The van der Waals surface area contributed by atoms with Crippen molar-refractivity contribution in [3.63, 3.8) is 0 Å². The quantitative estimate of drug-likeness (QED) is 0.172. The van der Waals surface area contributed by atoms with Crippen molar-refractivity contribution in [1.29, 1.82) is 0 Å². The molecule has 0 spiro atoms. The molecular formula is C51H32N4O. The lowest BCUT2D eigenvalue weighted by Crippen LogP contribution is -2.00. The van der Waals surface area contributed by atoms with E-state index in [0.29, 0.717) is 17.5 Å². The molecule has 0 fully saturated rings. The van der Waals surface area contributed by atoms with Crippen LogP contribution in [0.2, 0.25) is 0 Å². The van der Waals surface area contributed by atoms with Gasteiger partial charge < -0.3 is 8.98 Å². The highest BCUT2D eigenvalue weighted by atomic mass is 16.3. The number of furan rings is 1. The molecule has 8 aromatic carbocycles. The summed E-state index contributed by atoms with van der Waals surface area (Å²) in [6.07, 6.45) is 0. The molecule has 5 heteroatoms. The highest BCUT2D eigenvalue weighted by Crippen LogP contribution is 2.42. The minimum Gasteiger partial charge on any atom is -0.455 e. The van der Waals surface area contributed by atoms with Gasteiger partial charge >= 0.3 is 0 Å². The third kappa shape index (κ3) is 5.29. The summed E-state index contributed by atoms with van der Waals surface area (Å²) in [5, 5.41) is 4.28. The van der Waals surface area contributed by atoms with Gasteiger partial charge in [0, 0.05) is 33.0 Å². The normalized spacial score (nSPS) is 11.6. The van der Waals surface area contributed by atoms with E-state index >= 15 is 0 Å². The van der Waals surface area contributed by atoms with Crippen molar-refractivity contribution in [1.82, 2.24) is 19.5 Å². The first-order chi connectivity index (χ1) is 27.8. The second-order valence-electron chi connectivity index (χ2n) is 14.0. The molecule has 5 nitrogen and oxygen atoms in total. The number of aromatic nitrogens is 4. The maximum atomic E-state index is 7.02. The third-order valence-electron chi connectivity index (χ3n) is 10.7. The lowest BCUT2D eigenvalue weighted by Gasteiger charge is -2.10. The van der Waals surface area contributed by atoms with Crippen molar-refractivity contribution in [2.75, 3.05) is 0 Å². The maximum Gasteiger partial charge on any atom is 0.167 e. The Balaban J connectivity index is 1.11. The van der Waals surface area contributed by atoms with Crippen LogP contribution in [0.1, 0.15) is 0 Å². The van der Waals surface area contributed by atoms with Crippen molar-refractivity contribution in [2.24, 2.45) is 0 Å². The number of fused-ring (bicyclic) bond motifs is 7. The van der Waals surface area contributed by atoms with Crippen LogP contribution in [-0.4, -0.2) is 19.5 Å². The van der Waals surface area contributed by atoms with Crippen molar-refractivity contribution >= 4 is 43.7 Å². The smallest absolute Gasteiger partial charge is 0.167 e. The molecule has 11 aromatic rings. The van der Waals surface area contributed by atoms with Gasteiger partial charge in [0.25, 0.3) is 0 Å². The Hall–Kier alpha value is -7.63. The van der Waals surface area contributed by atoms with Gasteiger partial charge in [0.1, 0.15) is 11.2 Å². The van der Waals surface area contributed by atoms with E-state index in [4.69, 9.17) is 19.4 Å². The van der Waals surface area contributed by atoms with Gasteiger partial charge in [-0.15, -0.1) is 0 Å². The molecular weight excluding hydrogens is 685 g/mol. The Bertz CT molecular complexity index is 3100. The topological polar surface area (TPSA) is 56.7 Å². The number of hydrogen-bond acceptors (Lipinski definition) is 4. The van der Waals surface area contributed by atoms with E-state index in [1.165, 1.54) is 0 Å². The van der Waals surface area contributed by atoms with Gasteiger partial charge in [0.05, 0.1) is 22.0 Å². The average Bonchev–Trinajstić information content (AvgIpc) is 3.83. The fourth-order valence-electron chi connectivity index (χ4n) is 7.98. The molecule has 0 N–H and O–H groups in total. The number of benzene rings is 8. The minimum absolute atomic E-state index is 0.553. The largest absolute Gasteiger partial charge is 0.455 e. The maximum absolute atomic E-state index is 7.02. The van der Waals surface area contributed by atoms with Crippen molar-refractivity contribution in [2.45, 2.75) is 0 Å². The fourth-order valence-corrected chi connectivity index (χ4v) is 7.98. The molecule has 56 heavy (non-hydrogen) atoms. The summed E-state index contributed by atoms with van der Waals surface area (Å²) in [5.41, 5.74) is 12.1. The Morgan fingerprint density at radius 1 is 0.321 bits per heavy atom. The van der Waals surface area contributed by atoms with Crippen LogP contribution < -0.4 is 0 Å². The molecule has 0 bridgehead atoms. The molecule has 0 aliphatic heterocycles. The van der Waals surface area contributed by atoms with Crippen LogP contribution in [0.15, 0.2) is 199 Å². The summed E-state index contributed by atoms with van der Waals surface area (Å²) in [5.74, 6) is 1.74. The van der Waals surface area contributed by atoms with Crippen molar-refractivity contribution < 1.29 is 4.42 Å². The second kappa shape index (κ2) is 13.0. The monoisotopic (exact) mass is 716 g/mol. The van der Waals surface area contributed by atoms with Gasteiger partial charge in [-0.1, -0.05) is 158 Å². The molecule has 0 aliphatic rings. The summed E-state index contributed by atoms with van der Waals surface area (Å²) >= 11 is 0. The van der Waals surface area contributed by atoms with Crippen LogP contribution in [0.5, 0.6) is 0 Å². The molecule has 0 atom stereocenters. The zero-order valence-corrected chi connectivity index (χ0v) is 30.2. The second-order valence-corrected chi connectivity index (χ2v) is 14.0. The zero-order chi connectivity index (χ0) is 37.0. The van der Waals surface area contributed by atoms with Gasteiger partial charge in [-0.3, -0.25) is 0 Å². The van der Waals surface area contributed by atoms with Gasteiger partial charge in [0.2, 0.25) is 0 Å². The summed E-state index contributed by atoms with van der Waals surface area (Å²) in [7, 11) is 0. The van der Waals surface area contributed by atoms with Crippen molar-refractivity contribution in [3.8, 4) is 62.1 Å². The molecule has 0 saturated carbocycles. The van der Waals surface area contributed by atoms with Crippen LogP contribution in [0.3, 0.4) is 0 Å². The van der Waals surface area contributed by atoms with E-state index in [0.717, 1.165) is 88.4 Å². The molecule has 0 unspecified atom stereocenters. The fraction of sp³-hybridized carbons (Fsp3) is 0. The Labute approximate surface area is 322 Å². The van der Waals surface area contributed by atoms with Gasteiger partial charge in [-0.25, -0.2) is 15.0 Å². The van der Waals surface area contributed by atoms with Crippen LogP contribution in [0.25, 0.3) is 106 Å². The van der Waals surface area contributed by atoms with E-state index in [1.54, 1.807) is 0 Å². The van der Waals surface area contributed by atoms with E-state index in [9.17, 15) is 0 Å². The Morgan fingerprint density at radius 2 is 0.804 bits per heavy atom. The summed E-state index contributed by atoms with van der Waals surface area (Å²) in [4.78, 5) is 15.4. The molecule has 262 valence electrons. The lowest BCUT2D eigenvalue weighted by molar-refractivity contribution is 0.673. The highest BCUT2D eigenvalue weighted by Gasteiger charge is 2.22. The SMILES string of the molecule is c1ccc(-c2ccc(-c3nc(-c4ccc(-c5ccccc5)cc4)nc(-c4cccc5c4oc4c5ccc5c4c4ccccc4n5-c4ccccc4)n3)cc2)cc1. The van der Waals surface area contributed by atoms with Crippen LogP contribution in [0, 0.1) is 0 Å². The summed E-state index contributed by atoms with van der Waals surface area (Å²) in [6, 6.07) is 67.3. The molecule has 0 radical (unpaired) electrons. The van der Waals surface area contributed by atoms with E-state index < -0.39 is 0 Å². The average molecular weight is 717 g/mol. The van der Waals surface area contributed by atoms with Crippen molar-refractivity contribution in [3.05, 3.63) is 194 Å². The zero-order valence-electron chi connectivity index (χ0n) is 30.2. The predicted molar refractivity (Wildman–Crippen MR) is 229 cm³/mol. The number of rotatable bonds is 6. The van der Waals surface area contributed by atoms with Crippen LogP contribution >= 0.6 is 0 Å². The number of nitrogens with zero attached hydrogens (tertiary/aromatic N) is 4. The molecule has 0 aliphatic carbocycles. The predicted octanol–water partition coefficient (Wildman–Crippen LogP) is 13.2. The minimum atomic E-state index is 0.553. The van der Waals surface area contributed by atoms with Crippen LogP contribution in [-0.2, 0) is 0 Å². The molecule has 0 amide bonds. The highest BCUT2D eigenvalue weighted by molar-refractivity contribution is 6.24. The first-order valence-electron chi connectivity index (χ1n) is 18.8. The molecule has 11 rings (SSSR count). The third-order valence-corrected chi connectivity index (χ3v) is 10.7. The van der Waals surface area contributed by atoms with Gasteiger partial charge in [-0.2, -0.15) is 0 Å². The molecule has 0 saturated heterocycles. The number of para-hydroxylation sites is 3. The van der Waals surface area contributed by atoms with E-state index in [-0.39, 0.29) is 0 Å². The Morgan fingerprint density at radius 3 is 1.43 bits per heavy atom. The van der Waals surface area contributed by atoms with Crippen LogP contribution in [0.4, 0.5) is 0 Å². The molecule has 3 heterocycles.